The van der Waals surface area contributed by atoms with Gasteiger partial charge in [0.25, 0.3) is 0 Å². The monoisotopic (exact) mass is 184 g/mol. The summed E-state index contributed by atoms with van der Waals surface area (Å²) >= 11 is 0. The van der Waals surface area contributed by atoms with E-state index in [2.05, 4.69) is 25.3 Å². The fourth-order valence-electron chi connectivity index (χ4n) is 0.842. The van der Waals surface area contributed by atoms with Gasteiger partial charge >= 0.3 is 6.03 Å². The largest absolute Gasteiger partial charge is 0.343 e. The van der Waals surface area contributed by atoms with Crippen molar-refractivity contribution in [2.75, 3.05) is 6.54 Å². The Labute approximate surface area is 75.7 Å². The van der Waals surface area contributed by atoms with E-state index in [9.17, 15) is 4.79 Å². The molecule has 72 valence electrons. The van der Waals surface area contributed by atoms with Gasteiger partial charge in [-0.3, -0.25) is 0 Å². The maximum absolute atomic E-state index is 11.0. The Bertz CT molecular complexity index is 259. The third-order valence-corrected chi connectivity index (χ3v) is 1.45. The average molecular weight is 184 g/mol. The molecule has 0 aliphatic carbocycles. The van der Waals surface area contributed by atoms with Crippen LogP contribution in [0.3, 0.4) is 0 Å². The summed E-state index contributed by atoms with van der Waals surface area (Å²) in [6.45, 7) is 4.21. The van der Waals surface area contributed by atoms with E-state index in [-0.39, 0.29) is 12.1 Å². The fraction of sp³-hybridized carbons (Fsp3) is 0.571. The summed E-state index contributed by atoms with van der Waals surface area (Å²) in [5.74, 6) is 0.464. The summed E-state index contributed by atoms with van der Waals surface area (Å²) in [6.07, 6.45) is 1.23. The van der Waals surface area contributed by atoms with Crippen LogP contribution in [0, 0.1) is 0 Å². The number of hydrogen-bond acceptors (Lipinski definition) is 4. The first-order valence-corrected chi connectivity index (χ1v) is 4.04. The summed E-state index contributed by atoms with van der Waals surface area (Å²) in [6, 6.07) is -0.481. The van der Waals surface area contributed by atoms with Crippen molar-refractivity contribution >= 4 is 6.03 Å². The molecule has 1 rings (SSSR count). The Kier molecular flexibility index (Phi) is 3.24. The number of carbonyl (C=O) groups excluding carboxylic acids is 1. The quantitative estimate of drug-likeness (QED) is 0.714. The highest BCUT2D eigenvalue weighted by Gasteiger charge is 2.12. The fourth-order valence-corrected chi connectivity index (χ4v) is 0.842. The average Bonchev–Trinajstić information content (AvgIpc) is 2.55. The first-order chi connectivity index (χ1) is 6.24. The van der Waals surface area contributed by atoms with E-state index in [0.29, 0.717) is 12.4 Å². The van der Waals surface area contributed by atoms with E-state index in [4.69, 9.17) is 0 Å². The van der Waals surface area contributed by atoms with Crippen molar-refractivity contribution in [2.45, 2.75) is 19.9 Å². The SMILES string of the molecule is CCNC(=O)NC(C)c1ncon1. The van der Waals surface area contributed by atoms with Gasteiger partial charge in [0.05, 0.1) is 6.04 Å². The number of amides is 2. The second kappa shape index (κ2) is 4.44. The third-order valence-electron chi connectivity index (χ3n) is 1.45. The number of carbonyl (C=O) groups is 1. The maximum Gasteiger partial charge on any atom is 0.315 e. The second-order valence-corrected chi connectivity index (χ2v) is 2.51. The van der Waals surface area contributed by atoms with Crippen LogP contribution in [0.25, 0.3) is 0 Å². The molecule has 0 spiro atoms. The molecule has 0 bridgehead atoms. The second-order valence-electron chi connectivity index (χ2n) is 2.51. The van der Waals surface area contributed by atoms with Crippen molar-refractivity contribution < 1.29 is 9.32 Å². The van der Waals surface area contributed by atoms with Gasteiger partial charge in [0, 0.05) is 6.54 Å². The number of rotatable bonds is 3. The summed E-state index contributed by atoms with van der Waals surface area (Å²) in [4.78, 5) is 14.8. The van der Waals surface area contributed by atoms with Gasteiger partial charge in [-0.15, -0.1) is 0 Å². The Morgan fingerprint density at radius 2 is 2.54 bits per heavy atom. The number of hydrogen-bond donors (Lipinski definition) is 2. The minimum atomic E-state index is -0.245. The topological polar surface area (TPSA) is 80.0 Å². The standard InChI is InChI=1S/C7H12N4O2/c1-3-8-7(12)10-5(2)6-9-4-13-11-6/h4-5H,3H2,1-2H3,(H2,8,10,12). The molecule has 0 radical (unpaired) electrons. The lowest BCUT2D eigenvalue weighted by Crippen LogP contribution is -2.37. The smallest absolute Gasteiger partial charge is 0.315 e. The molecule has 0 aliphatic heterocycles. The van der Waals surface area contributed by atoms with Crippen LogP contribution in [-0.4, -0.2) is 22.7 Å². The first-order valence-electron chi connectivity index (χ1n) is 4.04. The van der Waals surface area contributed by atoms with Gasteiger partial charge in [-0.05, 0) is 13.8 Å². The molecule has 0 aliphatic rings. The van der Waals surface area contributed by atoms with Gasteiger partial charge in [0.15, 0.2) is 5.82 Å². The molecule has 13 heavy (non-hydrogen) atoms. The van der Waals surface area contributed by atoms with Gasteiger partial charge in [-0.2, -0.15) is 4.98 Å². The van der Waals surface area contributed by atoms with Crippen molar-refractivity contribution in [3.63, 3.8) is 0 Å². The van der Waals surface area contributed by atoms with E-state index >= 15 is 0 Å². The third kappa shape index (κ3) is 2.73. The van der Waals surface area contributed by atoms with E-state index in [1.54, 1.807) is 6.92 Å². The summed E-state index contributed by atoms with van der Waals surface area (Å²) < 4.78 is 4.54. The maximum atomic E-state index is 11.0. The molecular formula is C7H12N4O2. The normalized spacial score (nSPS) is 12.2. The molecule has 1 aromatic heterocycles. The molecule has 1 aromatic rings. The first kappa shape index (κ1) is 9.50. The minimum absolute atomic E-state index is 0.236. The molecular weight excluding hydrogens is 172 g/mol. The lowest BCUT2D eigenvalue weighted by atomic mass is 10.3. The molecule has 1 atom stereocenters. The van der Waals surface area contributed by atoms with E-state index in [1.807, 2.05) is 6.92 Å². The van der Waals surface area contributed by atoms with E-state index < -0.39 is 0 Å². The van der Waals surface area contributed by atoms with Crippen LogP contribution in [0.2, 0.25) is 0 Å². The molecule has 6 heteroatoms. The Morgan fingerprint density at radius 3 is 3.08 bits per heavy atom. The van der Waals surface area contributed by atoms with Crippen molar-refractivity contribution in [3.8, 4) is 0 Å². The Hall–Kier alpha value is -1.59. The zero-order chi connectivity index (χ0) is 9.68. The number of aromatic nitrogens is 2. The molecule has 0 saturated heterocycles. The molecule has 2 amide bonds. The van der Waals surface area contributed by atoms with E-state index in [0.717, 1.165) is 0 Å². The van der Waals surface area contributed by atoms with Crippen LogP contribution in [0.5, 0.6) is 0 Å². The highest BCUT2D eigenvalue weighted by atomic mass is 16.5. The molecule has 2 N–H and O–H groups in total. The van der Waals surface area contributed by atoms with Crippen LogP contribution in [-0.2, 0) is 0 Å². The predicted octanol–water partition coefficient (Wildman–Crippen LogP) is 0.450. The highest BCUT2D eigenvalue weighted by molar-refractivity contribution is 5.74. The minimum Gasteiger partial charge on any atom is -0.343 e. The van der Waals surface area contributed by atoms with Crippen molar-refractivity contribution in [1.29, 1.82) is 0 Å². The Morgan fingerprint density at radius 1 is 1.77 bits per heavy atom. The zero-order valence-corrected chi connectivity index (χ0v) is 7.57. The molecule has 0 fully saturated rings. The van der Waals surface area contributed by atoms with Crippen LogP contribution in [0.1, 0.15) is 25.7 Å². The summed E-state index contributed by atoms with van der Waals surface area (Å²) in [7, 11) is 0. The van der Waals surface area contributed by atoms with Crippen molar-refractivity contribution in [1.82, 2.24) is 20.8 Å². The van der Waals surface area contributed by atoms with Gasteiger partial charge in [0.2, 0.25) is 6.39 Å². The van der Waals surface area contributed by atoms with Crippen LogP contribution >= 0.6 is 0 Å². The number of nitrogens with zero attached hydrogens (tertiary/aromatic N) is 2. The molecule has 1 unspecified atom stereocenters. The number of urea groups is 1. The molecule has 1 heterocycles. The predicted molar refractivity (Wildman–Crippen MR) is 44.9 cm³/mol. The molecule has 0 aromatic carbocycles. The van der Waals surface area contributed by atoms with E-state index in [1.165, 1.54) is 6.39 Å². The summed E-state index contributed by atoms with van der Waals surface area (Å²) in [5.41, 5.74) is 0. The van der Waals surface area contributed by atoms with Gasteiger partial charge < -0.3 is 15.2 Å². The summed E-state index contributed by atoms with van der Waals surface area (Å²) in [5, 5.41) is 8.85. The van der Waals surface area contributed by atoms with Gasteiger partial charge in [0.1, 0.15) is 0 Å². The lowest BCUT2D eigenvalue weighted by molar-refractivity contribution is 0.237. The van der Waals surface area contributed by atoms with Gasteiger partial charge in [-0.25, -0.2) is 4.79 Å². The van der Waals surface area contributed by atoms with Gasteiger partial charge in [-0.1, -0.05) is 5.16 Å². The zero-order valence-electron chi connectivity index (χ0n) is 7.57. The molecule has 0 saturated carbocycles. The molecule has 6 nitrogen and oxygen atoms in total. The Balaban J connectivity index is 2.42. The van der Waals surface area contributed by atoms with Crippen molar-refractivity contribution in [3.05, 3.63) is 12.2 Å². The lowest BCUT2D eigenvalue weighted by Gasteiger charge is -2.09. The number of nitrogens with one attached hydrogen (secondary N) is 2. The highest BCUT2D eigenvalue weighted by Crippen LogP contribution is 2.03. The van der Waals surface area contributed by atoms with Crippen LogP contribution < -0.4 is 10.6 Å². The van der Waals surface area contributed by atoms with Crippen LogP contribution in [0.15, 0.2) is 10.9 Å². The van der Waals surface area contributed by atoms with Crippen molar-refractivity contribution in [2.24, 2.45) is 0 Å². The van der Waals surface area contributed by atoms with Crippen LogP contribution in [0.4, 0.5) is 4.79 Å².